The lowest BCUT2D eigenvalue weighted by Crippen LogP contribution is -2.47. The Balaban J connectivity index is 3.14. The molecule has 0 spiro atoms. The Labute approximate surface area is 111 Å². The lowest BCUT2D eigenvalue weighted by Gasteiger charge is -2.33. The van der Waals surface area contributed by atoms with Crippen molar-refractivity contribution in [3.8, 4) is 0 Å². The summed E-state index contributed by atoms with van der Waals surface area (Å²) < 4.78 is 0. The summed E-state index contributed by atoms with van der Waals surface area (Å²) in [6.07, 6.45) is 1.37. The van der Waals surface area contributed by atoms with Crippen LogP contribution in [0.15, 0.2) is 12.3 Å². The Morgan fingerprint density at radius 2 is 2.28 bits per heavy atom. The molecule has 1 heterocycles. The molecule has 7 heteroatoms. The Bertz CT molecular complexity index is 453. The fourth-order valence-corrected chi connectivity index (χ4v) is 1.52. The quantitative estimate of drug-likeness (QED) is 0.634. The normalized spacial score (nSPS) is 14.3. The van der Waals surface area contributed by atoms with Gasteiger partial charge in [-0.1, -0.05) is 25.4 Å². The summed E-state index contributed by atoms with van der Waals surface area (Å²) in [7, 11) is 0. The number of nitrogens with zero attached hydrogens (tertiary/aromatic N) is 2. The van der Waals surface area contributed by atoms with Crippen LogP contribution < -0.4 is 11.1 Å². The standard InChI is InChI=1S/C11H17ClN4O2/c1-7(2)11(3,6-13)15-10-9(16(17)18)4-8(12)5-14-10/h4-5,7H,6,13H2,1-3H3,(H,14,15). The van der Waals surface area contributed by atoms with E-state index in [1.54, 1.807) is 0 Å². The molecule has 0 amide bonds. The summed E-state index contributed by atoms with van der Waals surface area (Å²) in [6.45, 7) is 6.22. The number of rotatable bonds is 5. The lowest BCUT2D eigenvalue weighted by molar-refractivity contribution is -0.384. The number of nitrogens with two attached hydrogens (primary N) is 1. The third-order valence-electron chi connectivity index (χ3n) is 3.13. The fraction of sp³-hybridized carbons (Fsp3) is 0.545. The van der Waals surface area contributed by atoms with Gasteiger partial charge in [-0.15, -0.1) is 0 Å². The predicted octanol–water partition coefficient (Wildman–Crippen LogP) is 2.43. The van der Waals surface area contributed by atoms with Gasteiger partial charge in [0, 0.05) is 18.8 Å². The Kier molecular flexibility index (Phi) is 4.48. The zero-order chi connectivity index (χ0) is 13.9. The number of hydrogen-bond acceptors (Lipinski definition) is 5. The molecule has 0 fully saturated rings. The van der Waals surface area contributed by atoms with Gasteiger partial charge in [-0.05, 0) is 12.8 Å². The average Bonchev–Trinajstić information content (AvgIpc) is 2.30. The summed E-state index contributed by atoms with van der Waals surface area (Å²) in [6, 6.07) is 1.27. The zero-order valence-corrected chi connectivity index (χ0v) is 11.4. The molecule has 18 heavy (non-hydrogen) atoms. The second kappa shape index (κ2) is 5.49. The smallest absolute Gasteiger partial charge is 0.312 e. The van der Waals surface area contributed by atoms with E-state index in [1.807, 2.05) is 20.8 Å². The third-order valence-corrected chi connectivity index (χ3v) is 3.34. The maximum atomic E-state index is 11.0. The second-order valence-electron chi connectivity index (χ2n) is 4.68. The molecule has 0 saturated carbocycles. The van der Waals surface area contributed by atoms with Crippen LogP contribution in [0.5, 0.6) is 0 Å². The van der Waals surface area contributed by atoms with Gasteiger partial charge in [0.25, 0.3) is 0 Å². The minimum atomic E-state index is -0.515. The molecule has 0 aromatic carbocycles. The monoisotopic (exact) mass is 272 g/mol. The molecular weight excluding hydrogens is 256 g/mol. The molecule has 1 atom stereocenters. The molecule has 1 aromatic heterocycles. The number of aromatic nitrogens is 1. The van der Waals surface area contributed by atoms with Gasteiger partial charge in [0.15, 0.2) is 0 Å². The van der Waals surface area contributed by atoms with E-state index in [0.717, 1.165) is 0 Å². The van der Waals surface area contributed by atoms with E-state index < -0.39 is 10.5 Å². The van der Waals surface area contributed by atoms with Gasteiger partial charge in [0.1, 0.15) is 0 Å². The van der Waals surface area contributed by atoms with E-state index in [1.165, 1.54) is 12.3 Å². The van der Waals surface area contributed by atoms with Crippen LogP contribution >= 0.6 is 11.6 Å². The first-order valence-corrected chi connectivity index (χ1v) is 5.96. The second-order valence-corrected chi connectivity index (χ2v) is 5.12. The topological polar surface area (TPSA) is 94.1 Å². The molecule has 1 unspecified atom stereocenters. The number of halogens is 1. The van der Waals surface area contributed by atoms with Crippen molar-refractivity contribution in [3.05, 3.63) is 27.4 Å². The van der Waals surface area contributed by atoms with Gasteiger partial charge in [0.2, 0.25) is 5.82 Å². The molecule has 0 saturated heterocycles. The first kappa shape index (κ1) is 14.7. The molecule has 1 rings (SSSR count). The number of pyridine rings is 1. The highest BCUT2D eigenvalue weighted by molar-refractivity contribution is 6.30. The van der Waals surface area contributed by atoms with Crippen LogP contribution in [-0.2, 0) is 0 Å². The van der Waals surface area contributed by atoms with E-state index in [-0.39, 0.29) is 22.4 Å². The molecule has 1 aromatic rings. The van der Waals surface area contributed by atoms with Crippen molar-refractivity contribution < 1.29 is 4.92 Å². The molecule has 0 aliphatic rings. The van der Waals surface area contributed by atoms with E-state index in [0.29, 0.717) is 6.54 Å². The van der Waals surface area contributed by atoms with Crippen molar-refractivity contribution in [2.45, 2.75) is 26.3 Å². The summed E-state index contributed by atoms with van der Waals surface area (Å²) in [5.41, 5.74) is 5.11. The summed E-state index contributed by atoms with van der Waals surface area (Å²) >= 11 is 5.71. The van der Waals surface area contributed by atoms with Gasteiger partial charge >= 0.3 is 5.69 Å². The summed E-state index contributed by atoms with van der Waals surface area (Å²) in [5, 5.41) is 14.2. The Morgan fingerprint density at radius 3 is 2.72 bits per heavy atom. The van der Waals surface area contributed by atoms with E-state index in [4.69, 9.17) is 17.3 Å². The van der Waals surface area contributed by atoms with Crippen molar-refractivity contribution in [1.29, 1.82) is 0 Å². The fourth-order valence-electron chi connectivity index (χ4n) is 1.37. The average molecular weight is 273 g/mol. The molecule has 100 valence electrons. The molecule has 0 bridgehead atoms. The minimum Gasteiger partial charge on any atom is -0.358 e. The number of hydrogen-bond donors (Lipinski definition) is 2. The highest BCUT2D eigenvalue weighted by Crippen LogP contribution is 2.29. The molecule has 0 aliphatic heterocycles. The molecule has 0 radical (unpaired) electrons. The van der Waals surface area contributed by atoms with Crippen LogP contribution in [0.4, 0.5) is 11.5 Å². The van der Waals surface area contributed by atoms with Gasteiger partial charge in [-0.25, -0.2) is 4.98 Å². The van der Waals surface area contributed by atoms with Crippen molar-refractivity contribution in [2.75, 3.05) is 11.9 Å². The molecular formula is C11H17ClN4O2. The zero-order valence-electron chi connectivity index (χ0n) is 10.6. The number of nitro groups is 1. The summed E-state index contributed by atoms with van der Waals surface area (Å²) in [5.74, 6) is 0.380. The van der Waals surface area contributed by atoms with Crippen LogP contribution in [0.3, 0.4) is 0 Å². The van der Waals surface area contributed by atoms with Crippen molar-refractivity contribution in [3.63, 3.8) is 0 Å². The highest BCUT2D eigenvalue weighted by atomic mass is 35.5. The van der Waals surface area contributed by atoms with Crippen molar-refractivity contribution in [2.24, 2.45) is 11.7 Å². The first-order valence-electron chi connectivity index (χ1n) is 5.58. The highest BCUT2D eigenvalue weighted by Gasteiger charge is 2.30. The van der Waals surface area contributed by atoms with Crippen LogP contribution in [0.2, 0.25) is 5.02 Å². The maximum Gasteiger partial charge on any atom is 0.312 e. The minimum absolute atomic E-state index is 0.150. The molecule has 3 N–H and O–H groups in total. The Morgan fingerprint density at radius 1 is 1.67 bits per heavy atom. The maximum absolute atomic E-state index is 11.0. The summed E-state index contributed by atoms with van der Waals surface area (Å²) in [4.78, 5) is 14.4. The van der Waals surface area contributed by atoms with Gasteiger partial charge in [0.05, 0.1) is 15.5 Å². The van der Waals surface area contributed by atoms with Gasteiger partial charge in [-0.2, -0.15) is 0 Å². The first-order chi connectivity index (χ1) is 8.30. The van der Waals surface area contributed by atoms with Crippen molar-refractivity contribution >= 4 is 23.1 Å². The van der Waals surface area contributed by atoms with Crippen LogP contribution in [0.25, 0.3) is 0 Å². The van der Waals surface area contributed by atoms with Crippen LogP contribution in [0.1, 0.15) is 20.8 Å². The van der Waals surface area contributed by atoms with Gasteiger partial charge in [-0.3, -0.25) is 10.1 Å². The van der Waals surface area contributed by atoms with Gasteiger partial charge < -0.3 is 11.1 Å². The largest absolute Gasteiger partial charge is 0.358 e. The lowest BCUT2D eigenvalue weighted by atomic mass is 9.88. The predicted molar refractivity (Wildman–Crippen MR) is 71.8 cm³/mol. The van der Waals surface area contributed by atoms with Crippen LogP contribution in [-0.4, -0.2) is 22.0 Å². The SMILES string of the molecule is CC(C)C(C)(CN)Nc1ncc(Cl)cc1[N+](=O)[O-]. The molecule has 0 aliphatic carbocycles. The third kappa shape index (κ3) is 3.08. The number of nitrogens with one attached hydrogen (secondary N) is 1. The van der Waals surface area contributed by atoms with Crippen LogP contribution in [0, 0.1) is 16.0 Å². The van der Waals surface area contributed by atoms with E-state index in [2.05, 4.69) is 10.3 Å². The van der Waals surface area contributed by atoms with Crippen molar-refractivity contribution in [1.82, 2.24) is 4.98 Å². The van der Waals surface area contributed by atoms with E-state index in [9.17, 15) is 10.1 Å². The molecule has 6 nitrogen and oxygen atoms in total. The number of anilines is 1. The Hall–Kier alpha value is -1.40. The van der Waals surface area contributed by atoms with E-state index >= 15 is 0 Å².